The second-order valence-electron chi connectivity index (χ2n) is 2.21. The van der Waals surface area contributed by atoms with Crippen LogP contribution < -0.4 is 0 Å². The fraction of sp³-hybridized carbons (Fsp3) is 0.429. The predicted octanol–water partition coefficient (Wildman–Crippen LogP) is 2.38. The summed E-state index contributed by atoms with van der Waals surface area (Å²) in [4.78, 5) is 1.21. The van der Waals surface area contributed by atoms with Crippen molar-refractivity contribution in [2.75, 3.05) is 0 Å². The lowest BCUT2D eigenvalue weighted by Crippen LogP contribution is -1.71. The molecule has 0 aliphatic rings. The first-order valence-electron chi connectivity index (χ1n) is 2.88. The Bertz CT molecular complexity index is 203. The second kappa shape index (κ2) is 2.03. The molecule has 1 aromatic rings. The quantitative estimate of drug-likeness (QED) is 0.589. The van der Waals surface area contributed by atoms with E-state index < -0.39 is 0 Å². The van der Waals surface area contributed by atoms with Crippen LogP contribution in [-0.2, 0) is 0 Å². The highest BCUT2D eigenvalue weighted by molar-refractivity contribution is 7.14. The predicted molar refractivity (Wildman–Crippen MR) is 40.2 cm³/mol. The van der Waals surface area contributed by atoms with Gasteiger partial charge in [-0.3, -0.25) is 0 Å². The number of aryl methyl sites for hydroxylation is 1. The summed E-state index contributed by atoms with van der Waals surface area (Å²) in [7, 11) is 0. The number of aromatic hydroxyl groups is 1. The summed E-state index contributed by atoms with van der Waals surface area (Å²) in [6.07, 6.45) is 0. The Morgan fingerprint density at radius 1 is 1.11 bits per heavy atom. The first-order chi connectivity index (χ1) is 4.13. The van der Waals surface area contributed by atoms with Crippen molar-refractivity contribution < 1.29 is 5.11 Å². The zero-order valence-electron chi connectivity index (χ0n) is 5.86. The lowest BCUT2D eigenvalue weighted by atomic mass is 10.2. The van der Waals surface area contributed by atoms with Gasteiger partial charge in [-0.1, -0.05) is 0 Å². The van der Waals surface area contributed by atoms with Gasteiger partial charge in [0.05, 0.1) is 0 Å². The van der Waals surface area contributed by atoms with Crippen molar-refractivity contribution >= 4 is 11.3 Å². The maximum atomic E-state index is 9.14. The number of rotatable bonds is 0. The Labute approximate surface area is 59.0 Å². The smallest absolute Gasteiger partial charge is 0.174 e. The normalized spacial score (nSPS) is 10.1. The molecule has 0 atom stereocenters. The summed E-state index contributed by atoms with van der Waals surface area (Å²) in [6.45, 7) is 5.99. The van der Waals surface area contributed by atoms with Crippen LogP contribution in [0.4, 0.5) is 0 Å². The first kappa shape index (κ1) is 6.62. The molecule has 50 valence electrons. The zero-order valence-corrected chi connectivity index (χ0v) is 6.67. The van der Waals surface area contributed by atoms with Gasteiger partial charge in [0.1, 0.15) is 0 Å². The Kier molecular flexibility index (Phi) is 1.49. The van der Waals surface area contributed by atoms with Gasteiger partial charge < -0.3 is 5.11 Å². The van der Waals surface area contributed by atoms with Crippen LogP contribution in [0.5, 0.6) is 5.06 Å². The van der Waals surface area contributed by atoms with Crippen molar-refractivity contribution in [2.45, 2.75) is 20.8 Å². The molecule has 0 aliphatic carbocycles. The van der Waals surface area contributed by atoms with E-state index in [0.717, 1.165) is 5.56 Å². The summed E-state index contributed by atoms with van der Waals surface area (Å²) in [5, 5.41) is 9.60. The lowest BCUT2D eigenvalue weighted by molar-refractivity contribution is 0.487. The van der Waals surface area contributed by atoms with Gasteiger partial charge in [-0.2, -0.15) is 0 Å². The van der Waals surface area contributed by atoms with E-state index in [4.69, 9.17) is 5.11 Å². The maximum absolute atomic E-state index is 9.14. The van der Waals surface area contributed by atoms with Gasteiger partial charge in [0, 0.05) is 10.4 Å². The van der Waals surface area contributed by atoms with Crippen molar-refractivity contribution in [3.8, 4) is 5.06 Å². The Hall–Kier alpha value is -0.500. The van der Waals surface area contributed by atoms with Crippen LogP contribution >= 0.6 is 11.3 Å². The highest BCUT2D eigenvalue weighted by Crippen LogP contribution is 2.31. The number of thiophene rings is 1. The van der Waals surface area contributed by atoms with Crippen LogP contribution in [-0.4, -0.2) is 5.11 Å². The molecular formula is C7H10OS. The van der Waals surface area contributed by atoms with Crippen LogP contribution in [0.3, 0.4) is 0 Å². The molecular weight excluding hydrogens is 132 g/mol. The van der Waals surface area contributed by atoms with E-state index in [0.29, 0.717) is 5.06 Å². The summed E-state index contributed by atoms with van der Waals surface area (Å²) >= 11 is 1.45. The molecule has 0 saturated carbocycles. The Morgan fingerprint density at radius 2 is 1.67 bits per heavy atom. The molecule has 1 rings (SSSR count). The molecule has 0 bridgehead atoms. The summed E-state index contributed by atoms with van der Waals surface area (Å²) < 4.78 is 0. The van der Waals surface area contributed by atoms with Gasteiger partial charge in [0.2, 0.25) is 0 Å². The van der Waals surface area contributed by atoms with Crippen LogP contribution in [0.2, 0.25) is 0 Å². The van der Waals surface area contributed by atoms with Gasteiger partial charge in [0.25, 0.3) is 0 Å². The van der Waals surface area contributed by atoms with E-state index in [-0.39, 0.29) is 0 Å². The van der Waals surface area contributed by atoms with E-state index in [2.05, 4.69) is 0 Å². The average Bonchev–Trinajstić information content (AvgIpc) is 1.98. The molecule has 2 heteroatoms. The molecule has 0 aliphatic heterocycles. The van der Waals surface area contributed by atoms with E-state index in [1.807, 2.05) is 20.8 Å². The van der Waals surface area contributed by atoms with Crippen molar-refractivity contribution in [1.82, 2.24) is 0 Å². The van der Waals surface area contributed by atoms with Crippen LogP contribution in [0.25, 0.3) is 0 Å². The third-order valence-electron chi connectivity index (χ3n) is 1.66. The summed E-state index contributed by atoms with van der Waals surface area (Å²) in [5.74, 6) is 0. The van der Waals surface area contributed by atoms with Crippen LogP contribution in [0.15, 0.2) is 0 Å². The number of hydrogen-bond acceptors (Lipinski definition) is 2. The third kappa shape index (κ3) is 0.944. The largest absolute Gasteiger partial charge is 0.499 e. The Morgan fingerprint density at radius 3 is 1.78 bits per heavy atom. The Balaban J connectivity index is 3.29. The second-order valence-corrected chi connectivity index (χ2v) is 3.42. The van der Waals surface area contributed by atoms with Gasteiger partial charge in [-0.25, -0.2) is 0 Å². The van der Waals surface area contributed by atoms with Crippen LogP contribution in [0, 0.1) is 20.8 Å². The molecule has 0 unspecified atom stereocenters. The molecule has 0 saturated heterocycles. The maximum Gasteiger partial charge on any atom is 0.174 e. The van der Waals surface area contributed by atoms with Crippen molar-refractivity contribution in [2.24, 2.45) is 0 Å². The van der Waals surface area contributed by atoms with Crippen molar-refractivity contribution in [1.29, 1.82) is 0 Å². The van der Waals surface area contributed by atoms with Crippen LogP contribution in [0.1, 0.15) is 16.0 Å². The summed E-state index contributed by atoms with van der Waals surface area (Å²) in [6, 6.07) is 0. The molecule has 1 N–H and O–H groups in total. The fourth-order valence-corrected chi connectivity index (χ4v) is 1.62. The molecule has 1 heterocycles. The van der Waals surface area contributed by atoms with E-state index in [9.17, 15) is 0 Å². The molecule has 9 heavy (non-hydrogen) atoms. The first-order valence-corrected chi connectivity index (χ1v) is 3.70. The van der Waals surface area contributed by atoms with Gasteiger partial charge in [-0.15, -0.1) is 11.3 Å². The minimum absolute atomic E-state index is 0.463. The van der Waals surface area contributed by atoms with Gasteiger partial charge >= 0.3 is 0 Å². The monoisotopic (exact) mass is 142 g/mol. The molecule has 0 spiro atoms. The van der Waals surface area contributed by atoms with E-state index in [1.54, 1.807) is 0 Å². The highest BCUT2D eigenvalue weighted by Gasteiger charge is 2.04. The highest BCUT2D eigenvalue weighted by atomic mass is 32.1. The van der Waals surface area contributed by atoms with Crippen molar-refractivity contribution in [3.63, 3.8) is 0 Å². The molecule has 0 radical (unpaired) electrons. The molecule has 0 amide bonds. The topological polar surface area (TPSA) is 20.2 Å². The lowest BCUT2D eigenvalue weighted by Gasteiger charge is -1.87. The molecule has 0 aromatic carbocycles. The van der Waals surface area contributed by atoms with E-state index >= 15 is 0 Å². The minimum Gasteiger partial charge on any atom is -0.499 e. The van der Waals surface area contributed by atoms with E-state index in [1.165, 1.54) is 21.8 Å². The average molecular weight is 142 g/mol. The summed E-state index contributed by atoms with van der Waals surface area (Å²) in [5.41, 5.74) is 2.25. The molecule has 1 nitrogen and oxygen atoms in total. The van der Waals surface area contributed by atoms with Gasteiger partial charge in [0.15, 0.2) is 5.06 Å². The minimum atomic E-state index is 0.463. The number of hydrogen-bond donors (Lipinski definition) is 1. The molecule has 0 fully saturated rings. The van der Waals surface area contributed by atoms with Crippen molar-refractivity contribution in [3.05, 3.63) is 16.0 Å². The third-order valence-corrected chi connectivity index (χ3v) is 2.77. The molecule has 1 aromatic heterocycles. The standard InChI is InChI=1S/C7H10OS/c1-4-5(2)7(8)9-6(4)3/h8H,1-3H3. The SMILES string of the molecule is Cc1sc(O)c(C)c1C. The zero-order chi connectivity index (χ0) is 7.02. The van der Waals surface area contributed by atoms with Gasteiger partial charge in [-0.05, 0) is 26.3 Å². The fourth-order valence-electron chi connectivity index (χ4n) is 0.723.